The van der Waals surface area contributed by atoms with E-state index in [0.717, 1.165) is 16.7 Å². The number of benzene rings is 1. The average molecular weight is 325 g/mol. The van der Waals surface area contributed by atoms with Crippen molar-refractivity contribution in [1.82, 2.24) is 19.7 Å². The predicted octanol–water partition coefficient (Wildman–Crippen LogP) is 2.50. The normalized spacial score (nSPS) is 11.7. The second-order valence-electron chi connectivity index (χ2n) is 5.17. The van der Waals surface area contributed by atoms with Crippen molar-refractivity contribution in [3.05, 3.63) is 52.2 Å². The molecule has 2 N–H and O–H groups in total. The van der Waals surface area contributed by atoms with Crippen molar-refractivity contribution in [1.29, 1.82) is 0 Å². The van der Waals surface area contributed by atoms with E-state index in [1.807, 2.05) is 26.0 Å². The predicted molar refractivity (Wildman–Crippen MR) is 90.4 cm³/mol. The molecule has 23 heavy (non-hydrogen) atoms. The van der Waals surface area contributed by atoms with E-state index >= 15 is 0 Å². The van der Waals surface area contributed by atoms with E-state index < -0.39 is 5.91 Å². The molecule has 0 bridgehead atoms. The van der Waals surface area contributed by atoms with Crippen molar-refractivity contribution in [2.24, 2.45) is 5.73 Å². The lowest BCUT2D eigenvalue weighted by molar-refractivity contribution is -0.112. The SMILES string of the molecule is Cc1cc(C)cc(-c2ncn(/C=C(/C(N)=O)c3nccs3)n2)c1. The lowest BCUT2D eigenvalue weighted by Crippen LogP contribution is -2.13. The van der Waals surface area contributed by atoms with Gasteiger partial charge in [-0.2, -0.15) is 0 Å². The molecule has 2 heterocycles. The van der Waals surface area contributed by atoms with Gasteiger partial charge < -0.3 is 5.73 Å². The van der Waals surface area contributed by atoms with E-state index in [2.05, 4.69) is 21.1 Å². The van der Waals surface area contributed by atoms with Gasteiger partial charge >= 0.3 is 0 Å². The smallest absolute Gasteiger partial charge is 0.253 e. The molecule has 2 aromatic heterocycles. The van der Waals surface area contributed by atoms with Crippen LogP contribution in [0, 0.1) is 13.8 Å². The van der Waals surface area contributed by atoms with Gasteiger partial charge in [-0.1, -0.05) is 17.2 Å². The molecule has 0 aliphatic heterocycles. The van der Waals surface area contributed by atoms with E-state index in [1.54, 1.807) is 24.1 Å². The van der Waals surface area contributed by atoms with Crippen LogP contribution in [0.25, 0.3) is 23.2 Å². The Labute approximate surface area is 137 Å². The molecular weight excluding hydrogens is 310 g/mol. The quantitative estimate of drug-likeness (QED) is 0.747. The highest BCUT2D eigenvalue weighted by molar-refractivity contribution is 7.11. The summed E-state index contributed by atoms with van der Waals surface area (Å²) in [5.41, 5.74) is 8.96. The number of rotatable bonds is 4. The molecule has 1 aromatic carbocycles. The summed E-state index contributed by atoms with van der Waals surface area (Å²) in [6.07, 6.45) is 4.71. The summed E-state index contributed by atoms with van der Waals surface area (Å²) in [4.78, 5) is 20.0. The molecule has 7 heteroatoms. The standard InChI is InChI=1S/C16H15N5OS/c1-10-5-11(2)7-12(6-10)15-19-9-21(20-15)8-13(14(17)22)16-18-3-4-23-16/h3-9H,1-2H3,(H2,17,22)/b13-8-. The minimum absolute atomic E-state index is 0.303. The maximum absolute atomic E-state index is 11.6. The monoisotopic (exact) mass is 325 g/mol. The van der Waals surface area contributed by atoms with Gasteiger partial charge in [-0.15, -0.1) is 16.4 Å². The molecule has 0 fully saturated rings. The summed E-state index contributed by atoms with van der Waals surface area (Å²) in [5.74, 6) is 0.0411. The van der Waals surface area contributed by atoms with Gasteiger partial charge in [-0.25, -0.2) is 14.6 Å². The van der Waals surface area contributed by atoms with E-state index in [9.17, 15) is 4.79 Å². The van der Waals surface area contributed by atoms with E-state index in [-0.39, 0.29) is 0 Å². The number of aromatic nitrogens is 4. The third-order valence-electron chi connectivity index (χ3n) is 3.18. The molecule has 0 spiro atoms. The average Bonchev–Trinajstić information content (AvgIpc) is 3.15. The van der Waals surface area contributed by atoms with Gasteiger partial charge in [0.15, 0.2) is 5.82 Å². The summed E-state index contributed by atoms with van der Waals surface area (Å²) in [6.45, 7) is 4.06. The van der Waals surface area contributed by atoms with Crippen LogP contribution in [-0.4, -0.2) is 25.7 Å². The molecule has 0 saturated carbocycles. The number of hydrogen-bond acceptors (Lipinski definition) is 5. The Kier molecular flexibility index (Phi) is 4.03. The maximum atomic E-state index is 11.6. The fourth-order valence-electron chi connectivity index (χ4n) is 2.29. The van der Waals surface area contributed by atoms with Crippen molar-refractivity contribution >= 4 is 29.0 Å². The molecular formula is C16H15N5OS. The van der Waals surface area contributed by atoms with Gasteiger partial charge in [0.25, 0.3) is 5.91 Å². The van der Waals surface area contributed by atoms with Crippen LogP contribution in [0.2, 0.25) is 0 Å². The summed E-state index contributed by atoms with van der Waals surface area (Å²) in [6, 6.07) is 6.13. The third-order valence-corrected chi connectivity index (χ3v) is 3.98. The number of carbonyl (C=O) groups is 1. The van der Waals surface area contributed by atoms with E-state index in [0.29, 0.717) is 16.4 Å². The zero-order valence-corrected chi connectivity index (χ0v) is 13.5. The molecule has 0 aliphatic carbocycles. The Balaban J connectivity index is 1.98. The summed E-state index contributed by atoms with van der Waals surface area (Å²) in [7, 11) is 0. The first-order chi connectivity index (χ1) is 11.0. The Morgan fingerprint density at radius 2 is 1.96 bits per heavy atom. The molecule has 0 aliphatic rings. The molecule has 0 saturated heterocycles. The Morgan fingerprint density at radius 1 is 1.22 bits per heavy atom. The Hall–Kier alpha value is -2.80. The first kappa shape index (κ1) is 15.1. The largest absolute Gasteiger partial charge is 0.365 e. The van der Waals surface area contributed by atoms with Gasteiger partial charge in [0.05, 0.1) is 5.57 Å². The zero-order valence-electron chi connectivity index (χ0n) is 12.7. The van der Waals surface area contributed by atoms with Crippen molar-refractivity contribution < 1.29 is 4.79 Å². The Bertz CT molecular complexity index is 860. The lowest BCUT2D eigenvalue weighted by atomic mass is 10.1. The van der Waals surface area contributed by atoms with Gasteiger partial charge in [0.2, 0.25) is 0 Å². The maximum Gasteiger partial charge on any atom is 0.253 e. The van der Waals surface area contributed by atoms with Crippen LogP contribution >= 0.6 is 11.3 Å². The second kappa shape index (κ2) is 6.13. The van der Waals surface area contributed by atoms with Gasteiger partial charge in [0, 0.05) is 23.3 Å². The van der Waals surface area contributed by atoms with Crippen LogP contribution in [0.1, 0.15) is 16.1 Å². The zero-order chi connectivity index (χ0) is 16.4. The first-order valence-electron chi connectivity index (χ1n) is 6.94. The van der Waals surface area contributed by atoms with Crippen LogP contribution in [0.3, 0.4) is 0 Å². The Morgan fingerprint density at radius 3 is 2.57 bits per heavy atom. The summed E-state index contributed by atoms with van der Waals surface area (Å²) in [5, 5.41) is 6.74. The second-order valence-corrected chi connectivity index (χ2v) is 6.06. The van der Waals surface area contributed by atoms with Gasteiger partial charge in [-0.05, 0) is 26.0 Å². The van der Waals surface area contributed by atoms with Crippen molar-refractivity contribution in [2.75, 3.05) is 0 Å². The molecule has 0 radical (unpaired) electrons. The summed E-state index contributed by atoms with van der Waals surface area (Å²) < 4.78 is 1.48. The fraction of sp³-hybridized carbons (Fsp3) is 0.125. The topological polar surface area (TPSA) is 86.7 Å². The van der Waals surface area contributed by atoms with Gasteiger partial charge in [0.1, 0.15) is 11.3 Å². The first-order valence-corrected chi connectivity index (χ1v) is 7.82. The van der Waals surface area contributed by atoms with Gasteiger partial charge in [-0.3, -0.25) is 4.79 Å². The molecule has 6 nitrogen and oxygen atoms in total. The fourth-order valence-corrected chi connectivity index (χ4v) is 2.94. The highest BCUT2D eigenvalue weighted by Gasteiger charge is 2.12. The van der Waals surface area contributed by atoms with Crippen LogP contribution in [0.15, 0.2) is 36.1 Å². The van der Waals surface area contributed by atoms with Crippen molar-refractivity contribution in [3.8, 4) is 11.4 Å². The number of hydrogen-bond donors (Lipinski definition) is 1. The van der Waals surface area contributed by atoms with Crippen LogP contribution in [0.4, 0.5) is 0 Å². The number of aryl methyl sites for hydroxylation is 2. The van der Waals surface area contributed by atoms with Crippen molar-refractivity contribution in [3.63, 3.8) is 0 Å². The summed E-state index contributed by atoms with van der Waals surface area (Å²) >= 11 is 1.34. The minimum atomic E-state index is -0.552. The lowest BCUT2D eigenvalue weighted by Gasteiger charge is -2.01. The highest BCUT2D eigenvalue weighted by atomic mass is 32.1. The van der Waals surface area contributed by atoms with Crippen molar-refractivity contribution in [2.45, 2.75) is 13.8 Å². The van der Waals surface area contributed by atoms with E-state index in [1.165, 1.54) is 16.0 Å². The number of carbonyl (C=O) groups excluding carboxylic acids is 1. The van der Waals surface area contributed by atoms with Crippen LogP contribution in [-0.2, 0) is 4.79 Å². The molecule has 116 valence electrons. The highest BCUT2D eigenvalue weighted by Crippen LogP contribution is 2.20. The third kappa shape index (κ3) is 3.35. The number of nitrogens with zero attached hydrogens (tertiary/aromatic N) is 4. The number of nitrogens with two attached hydrogens (primary N) is 1. The van der Waals surface area contributed by atoms with E-state index in [4.69, 9.17) is 5.73 Å². The molecule has 3 aromatic rings. The van der Waals surface area contributed by atoms with Crippen LogP contribution in [0.5, 0.6) is 0 Å². The molecule has 0 atom stereocenters. The van der Waals surface area contributed by atoms with Crippen LogP contribution < -0.4 is 5.73 Å². The number of primary amides is 1. The molecule has 3 rings (SSSR count). The number of thiazole rings is 1. The molecule has 1 amide bonds. The minimum Gasteiger partial charge on any atom is -0.365 e. The number of amides is 1. The molecule has 0 unspecified atom stereocenters.